The Bertz CT molecular complexity index is 603. The van der Waals surface area contributed by atoms with E-state index in [2.05, 4.69) is 9.97 Å². The van der Waals surface area contributed by atoms with E-state index in [1.54, 1.807) is 0 Å². The summed E-state index contributed by atoms with van der Waals surface area (Å²) in [6, 6.07) is 0. The predicted molar refractivity (Wildman–Crippen MR) is 64.2 cm³/mol. The van der Waals surface area contributed by atoms with Gasteiger partial charge in [0.2, 0.25) is 0 Å². The zero-order valence-corrected chi connectivity index (χ0v) is 10.3. The fourth-order valence-corrected chi connectivity index (χ4v) is 2.30. The van der Waals surface area contributed by atoms with Gasteiger partial charge < -0.3 is 25.1 Å². The number of imidazole rings is 1. The molecule has 9 heteroatoms. The normalized spacial score (nSPS) is 22.5. The molecule has 2 rings (SSSR count). The van der Waals surface area contributed by atoms with Crippen LogP contribution < -0.4 is 5.69 Å². The van der Waals surface area contributed by atoms with Crippen LogP contribution in [0, 0.1) is 11.8 Å². The molecule has 2 unspecified atom stereocenters. The van der Waals surface area contributed by atoms with Gasteiger partial charge in [0.15, 0.2) is 0 Å². The van der Waals surface area contributed by atoms with E-state index in [0.717, 1.165) is 0 Å². The molecule has 1 fully saturated rings. The molecule has 0 radical (unpaired) electrons. The standard InChI is InChI=1S/C11H13N3O6/c15-8(7-3-12-11(20)13-7)14-2-1-5(9(16)17)6(4-14)10(18)19/h3,5-6H,1-2,4H2,(H,16,17)(H,18,19)(H2,12,13,20). The van der Waals surface area contributed by atoms with Gasteiger partial charge in [0.1, 0.15) is 5.69 Å². The first-order valence-electron chi connectivity index (χ1n) is 5.92. The second-order valence-corrected chi connectivity index (χ2v) is 4.59. The Kier molecular flexibility index (Phi) is 3.59. The topological polar surface area (TPSA) is 144 Å². The number of carbonyl (C=O) groups is 3. The molecule has 2 heterocycles. The van der Waals surface area contributed by atoms with E-state index in [-0.39, 0.29) is 25.2 Å². The number of nitrogens with zero attached hydrogens (tertiary/aromatic N) is 1. The summed E-state index contributed by atoms with van der Waals surface area (Å²) in [4.78, 5) is 50.9. The minimum atomic E-state index is -1.25. The summed E-state index contributed by atoms with van der Waals surface area (Å²) in [5.74, 6) is -5.13. The number of likely N-dealkylation sites (tertiary alicyclic amines) is 1. The Morgan fingerprint density at radius 2 is 1.85 bits per heavy atom. The molecule has 9 nitrogen and oxygen atoms in total. The number of piperidine rings is 1. The third kappa shape index (κ3) is 2.56. The molecule has 0 spiro atoms. The molecular formula is C11H13N3O6. The molecule has 1 saturated heterocycles. The van der Waals surface area contributed by atoms with E-state index in [1.807, 2.05) is 0 Å². The molecule has 108 valence electrons. The SMILES string of the molecule is O=C(O)C1CCN(C(=O)c2c[nH]c(=O)[nH]2)CC1C(=O)O. The van der Waals surface area contributed by atoms with Crippen molar-refractivity contribution in [3.63, 3.8) is 0 Å². The fraction of sp³-hybridized carbons (Fsp3) is 0.455. The third-order valence-electron chi connectivity index (χ3n) is 3.36. The summed E-state index contributed by atoms with van der Waals surface area (Å²) in [6.07, 6.45) is 1.26. The van der Waals surface area contributed by atoms with Crippen molar-refractivity contribution in [1.29, 1.82) is 0 Å². The van der Waals surface area contributed by atoms with Crippen LogP contribution in [0.3, 0.4) is 0 Å². The average molecular weight is 283 g/mol. The highest BCUT2D eigenvalue weighted by Crippen LogP contribution is 2.25. The Hall–Kier alpha value is -2.58. The smallest absolute Gasteiger partial charge is 0.323 e. The zero-order chi connectivity index (χ0) is 14.9. The summed E-state index contributed by atoms with van der Waals surface area (Å²) in [5.41, 5.74) is -0.517. The molecule has 1 aromatic heterocycles. The number of nitrogens with one attached hydrogen (secondary N) is 2. The highest BCUT2D eigenvalue weighted by Gasteiger charge is 2.40. The molecule has 1 amide bonds. The van der Waals surface area contributed by atoms with Crippen LogP contribution in [-0.4, -0.2) is 56.0 Å². The number of carboxylic acid groups (broad SMARTS) is 2. The minimum absolute atomic E-state index is 0.0212. The van der Waals surface area contributed by atoms with E-state index in [1.165, 1.54) is 11.1 Å². The molecule has 20 heavy (non-hydrogen) atoms. The average Bonchev–Trinajstić information content (AvgIpc) is 2.83. The maximum Gasteiger partial charge on any atom is 0.323 e. The quantitative estimate of drug-likeness (QED) is 0.557. The van der Waals surface area contributed by atoms with Gasteiger partial charge in [-0.1, -0.05) is 0 Å². The number of aromatic nitrogens is 2. The monoisotopic (exact) mass is 283 g/mol. The Morgan fingerprint density at radius 3 is 2.35 bits per heavy atom. The van der Waals surface area contributed by atoms with Crippen molar-refractivity contribution in [2.45, 2.75) is 6.42 Å². The first-order valence-corrected chi connectivity index (χ1v) is 5.92. The summed E-state index contributed by atoms with van der Waals surface area (Å²) in [7, 11) is 0. The van der Waals surface area contributed by atoms with Gasteiger partial charge in [-0.25, -0.2) is 4.79 Å². The summed E-state index contributed by atoms with van der Waals surface area (Å²) in [5, 5.41) is 18.1. The van der Waals surface area contributed by atoms with Crippen LogP contribution in [0.4, 0.5) is 0 Å². The summed E-state index contributed by atoms with van der Waals surface area (Å²) >= 11 is 0. The lowest BCUT2D eigenvalue weighted by Crippen LogP contribution is -2.48. The largest absolute Gasteiger partial charge is 0.481 e. The number of H-pyrrole nitrogens is 2. The van der Waals surface area contributed by atoms with Crippen molar-refractivity contribution < 1.29 is 24.6 Å². The fourth-order valence-electron chi connectivity index (χ4n) is 2.30. The first kappa shape index (κ1) is 13.8. The number of hydrogen-bond donors (Lipinski definition) is 4. The van der Waals surface area contributed by atoms with E-state index in [0.29, 0.717) is 0 Å². The molecule has 1 aliphatic rings. The lowest BCUT2D eigenvalue weighted by atomic mass is 9.85. The number of carboxylic acids is 2. The Labute approximate surface area is 112 Å². The van der Waals surface area contributed by atoms with Crippen LogP contribution in [0.5, 0.6) is 0 Å². The Balaban J connectivity index is 2.16. The van der Waals surface area contributed by atoms with Gasteiger partial charge >= 0.3 is 17.6 Å². The number of rotatable bonds is 3. The van der Waals surface area contributed by atoms with Gasteiger partial charge in [0.25, 0.3) is 5.91 Å². The summed E-state index contributed by atoms with van der Waals surface area (Å²) in [6.45, 7) is -0.0644. The number of amides is 1. The van der Waals surface area contributed by atoms with Crippen LogP contribution in [0.1, 0.15) is 16.9 Å². The lowest BCUT2D eigenvalue weighted by Gasteiger charge is -2.34. The molecule has 1 aliphatic heterocycles. The van der Waals surface area contributed by atoms with Crippen LogP contribution in [0.2, 0.25) is 0 Å². The van der Waals surface area contributed by atoms with Crippen molar-refractivity contribution in [3.8, 4) is 0 Å². The van der Waals surface area contributed by atoms with Crippen molar-refractivity contribution in [2.24, 2.45) is 11.8 Å². The van der Waals surface area contributed by atoms with Crippen molar-refractivity contribution in [3.05, 3.63) is 22.4 Å². The van der Waals surface area contributed by atoms with Gasteiger partial charge in [-0.05, 0) is 6.42 Å². The molecule has 0 bridgehead atoms. The maximum absolute atomic E-state index is 12.1. The van der Waals surface area contributed by atoms with Crippen molar-refractivity contribution in [1.82, 2.24) is 14.9 Å². The first-order chi connectivity index (χ1) is 9.40. The molecular weight excluding hydrogens is 270 g/mol. The highest BCUT2D eigenvalue weighted by atomic mass is 16.4. The second-order valence-electron chi connectivity index (χ2n) is 4.59. The zero-order valence-electron chi connectivity index (χ0n) is 10.3. The predicted octanol–water partition coefficient (Wildman–Crippen LogP) is -1.05. The van der Waals surface area contributed by atoms with E-state index in [4.69, 9.17) is 10.2 Å². The van der Waals surface area contributed by atoms with Gasteiger partial charge in [-0.2, -0.15) is 0 Å². The number of aromatic amines is 2. The van der Waals surface area contributed by atoms with Gasteiger partial charge in [-0.15, -0.1) is 0 Å². The molecule has 2 atom stereocenters. The number of aliphatic carboxylic acids is 2. The molecule has 1 aromatic rings. The van der Waals surface area contributed by atoms with Crippen LogP contribution in [-0.2, 0) is 9.59 Å². The van der Waals surface area contributed by atoms with Crippen LogP contribution in [0.25, 0.3) is 0 Å². The summed E-state index contributed by atoms with van der Waals surface area (Å²) < 4.78 is 0. The molecule has 0 aromatic carbocycles. The Morgan fingerprint density at radius 1 is 1.20 bits per heavy atom. The van der Waals surface area contributed by atoms with E-state index >= 15 is 0 Å². The maximum atomic E-state index is 12.1. The van der Waals surface area contributed by atoms with Gasteiger partial charge in [-0.3, -0.25) is 14.4 Å². The molecule has 4 N–H and O–H groups in total. The highest BCUT2D eigenvalue weighted by molar-refractivity contribution is 5.93. The van der Waals surface area contributed by atoms with Crippen LogP contribution >= 0.6 is 0 Å². The van der Waals surface area contributed by atoms with Crippen molar-refractivity contribution >= 4 is 17.8 Å². The van der Waals surface area contributed by atoms with Crippen LogP contribution in [0.15, 0.2) is 11.0 Å². The van der Waals surface area contributed by atoms with Gasteiger partial charge in [0.05, 0.1) is 11.8 Å². The van der Waals surface area contributed by atoms with E-state index in [9.17, 15) is 19.2 Å². The minimum Gasteiger partial charge on any atom is -0.481 e. The van der Waals surface area contributed by atoms with Crippen molar-refractivity contribution in [2.75, 3.05) is 13.1 Å². The van der Waals surface area contributed by atoms with E-state index < -0.39 is 35.4 Å². The lowest BCUT2D eigenvalue weighted by molar-refractivity contribution is -0.156. The molecule has 0 aliphatic carbocycles. The second kappa shape index (κ2) is 5.19. The number of carbonyl (C=O) groups excluding carboxylic acids is 1. The third-order valence-corrected chi connectivity index (χ3v) is 3.36. The number of hydrogen-bond acceptors (Lipinski definition) is 4. The molecule has 0 saturated carbocycles. The van der Waals surface area contributed by atoms with Gasteiger partial charge in [0, 0.05) is 19.3 Å².